The number of esters is 1. The Labute approximate surface area is 414 Å². The minimum Gasteiger partial charge on any atom is -0.494 e. The number of unbranched alkanes of at least 4 members (excludes halogenated alkanes) is 2. The molecule has 2 aromatic rings. The quantitative estimate of drug-likeness (QED) is 0.115. The number of aromatic nitrogens is 3. The van der Waals surface area contributed by atoms with Gasteiger partial charge in [-0.3, -0.25) is 14.3 Å². The third-order valence-corrected chi connectivity index (χ3v) is 14.1. The van der Waals surface area contributed by atoms with E-state index in [4.69, 9.17) is 37.9 Å². The van der Waals surface area contributed by atoms with Crippen molar-refractivity contribution in [2.45, 2.75) is 180 Å². The molecule has 1 aromatic carbocycles. The molecule has 0 amide bonds. The summed E-state index contributed by atoms with van der Waals surface area (Å²) in [5, 5.41) is 54.4. The van der Waals surface area contributed by atoms with Crippen LogP contribution in [0.1, 0.15) is 93.4 Å². The van der Waals surface area contributed by atoms with Crippen LogP contribution < -0.4 is 4.74 Å². The lowest BCUT2D eigenvalue weighted by Gasteiger charge is -2.46. The Morgan fingerprint density at radius 2 is 1.54 bits per heavy atom. The highest BCUT2D eigenvalue weighted by molar-refractivity contribution is 5.91. The van der Waals surface area contributed by atoms with E-state index in [2.05, 4.69) is 17.2 Å². The van der Waals surface area contributed by atoms with E-state index in [9.17, 15) is 30.0 Å². The summed E-state index contributed by atoms with van der Waals surface area (Å²) in [6.07, 6.45) is -0.237. The van der Waals surface area contributed by atoms with Gasteiger partial charge in [-0.25, -0.2) is 0 Å². The molecule has 4 N–H and O–H groups in total. The van der Waals surface area contributed by atoms with Crippen LogP contribution in [-0.2, 0) is 49.3 Å². The van der Waals surface area contributed by atoms with Gasteiger partial charge in [-0.2, -0.15) is 0 Å². The molecule has 4 heterocycles. The van der Waals surface area contributed by atoms with Crippen LogP contribution in [0, 0.1) is 23.7 Å². The molecule has 394 valence electrons. The average molecular weight is 987 g/mol. The lowest BCUT2D eigenvalue weighted by atomic mass is 9.79. The lowest BCUT2D eigenvalue weighted by molar-refractivity contribution is -0.304. The first-order chi connectivity index (χ1) is 33.4. The number of ketones is 1. The minimum atomic E-state index is -1.30. The molecular formula is C52H82N4O14. The fourth-order valence-corrected chi connectivity index (χ4v) is 9.79. The van der Waals surface area contributed by atoms with Crippen molar-refractivity contribution < 1.29 is 67.9 Å². The fraction of sp³-hybridized carbons (Fsp3) is 0.731. The van der Waals surface area contributed by atoms with Crippen molar-refractivity contribution in [3.63, 3.8) is 0 Å². The molecule has 3 aliphatic heterocycles. The van der Waals surface area contributed by atoms with Crippen LogP contribution in [0.2, 0.25) is 0 Å². The maximum absolute atomic E-state index is 14.1. The maximum atomic E-state index is 14.1. The van der Waals surface area contributed by atoms with Gasteiger partial charge >= 0.3 is 5.97 Å². The summed E-state index contributed by atoms with van der Waals surface area (Å²) in [6.45, 7) is 13.9. The van der Waals surface area contributed by atoms with E-state index in [1.54, 1.807) is 56.6 Å². The average Bonchev–Trinajstić information content (AvgIpc) is 3.81. The standard InChI is InChI=1S/C52H82N4O14/c1-12-14-15-24-65-38-19-17-35(18-20-38)39-28-56(54-53-39)23-22-36-26-31(4)40(57)21-16-30(3)25-37(29-66-52-50(64-11)49(63-10)46(61)34(7)68-52)42(13-2)69-43(59)27-41(58)32(5)48(36)70-51-47(62)44(55(8)9)45(60)33(6)67-51/h16-21,25,28,31-34,36-37,41-42,44-52,58,60-62H,12-15,22-24,26-27,29H2,1-11H3/b21-16+,30-25+/t31-,32+,33-,34?,36+,37-,41-,42-,44?,45-,46-,47?,48-,49+,50?,51+,52-/m1/s1. The lowest BCUT2D eigenvalue weighted by Crippen LogP contribution is -2.63. The molecule has 4 unspecified atom stereocenters. The van der Waals surface area contributed by atoms with Crippen LogP contribution in [0.4, 0.5) is 0 Å². The Bertz CT molecular complexity index is 1960. The van der Waals surface area contributed by atoms with E-state index < -0.39 is 116 Å². The van der Waals surface area contributed by atoms with Crippen LogP contribution in [0.5, 0.6) is 5.75 Å². The van der Waals surface area contributed by atoms with E-state index in [1.807, 2.05) is 57.3 Å². The van der Waals surface area contributed by atoms with Gasteiger partial charge in [0.05, 0.1) is 62.4 Å². The molecule has 0 radical (unpaired) electrons. The molecular weight excluding hydrogens is 905 g/mol. The second kappa shape index (κ2) is 27.4. The molecule has 0 bridgehead atoms. The Morgan fingerprint density at radius 3 is 2.20 bits per heavy atom. The molecule has 17 atom stereocenters. The number of rotatable bonds is 18. The van der Waals surface area contributed by atoms with Crippen molar-refractivity contribution in [3.05, 3.63) is 54.3 Å². The van der Waals surface area contributed by atoms with Crippen LogP contribution >= 0.6 is 0 Å². The van der Waals surface area contributed by atoms with Crippen LogP contribution in [-0.4, -0.2) is 173 Å². The first-order valence-electron chi connectivity index (χ1n) is 25.2. The number of aliphatic hydroxyl groups is 4. The van der Waals surface area contributed by atoms with E-state index in [-0.39, 0.29) is 12.4 Å². The second-order valence-corrected chi connectivity index (χ2v) is 19.7. The number of allylic oxidation sites excluding steroid dienone is 3. The largest absolute Gasteiger partial charge is 0.494 e. The smallest absolute Gasteiger partial charge is 0.308 e. The summed E-state index contributed by atoms with van der Waals surface area (Å²) >= 11 is 0. The predicted octanol–water partition coefficient (Wildman–Crippen LogP) is 4.89. The van der Waals surface area contributed by atoms with Gasteiger partial charge in [0.2, 0.25) is 0 Å². The summed E-state index contributed by atoms with van der Waals surface area (Å²) in [7, 11) is 6.47. The molecule has 2 saturated heterocycles. The van der Waals surface area contributed by atoms with Crippen molar-refractivity contribution in [2.24, 2.45) is 23.7 Å². The van der Waals surface area contributed by atoms with Gasteiger partial charge < -0.3 is 63.2 Å². The molecule has 0 spiro atoms. The van der Waals surface area contributed by atoms with Crippen LogP contribution in [0.15, 0.2) is 54.3 Å². The van der Waals surface area contributed by atoms with Gasteiger partial charge in [0.25, 0.3) is 0 Å². The molecule has 70 heavy (non-hydrogen) atoms. The summed E-state index contributed by atoms with van der Waals surface area (Å²) in [4.78, 5) is 29.8. The second-order valence-electron chi connectivity index (χ2n) is 19.7. The van der Waals surface area contributed by atoms with Crippen molar-refractivity contribution in [2.75, 3.05) is 41.5 Å². The highest BCUT2D eigenvalue weighted by Crippen LogP contribution is 2.36. The number of nitrogens with zero attached hydrogens (tertiary/aromatic N) is 4. The van der Waals surface area contributed by atoms with Crippen molar-refractivity contribution in [3.8, 4) is 17.0 Å². The zero-order valence-corrected chi connectivity index (χ0v) is 43.2. The summed E-state index contributed by atoms with van der Waals surface area (Å²) in [5.74, 6) is -2.30. The highest BCUT2D eigenvalue weighted by Gasteiger charge is 2.48. The molecule has 3 aliphatic rings. The topological polar surface area (TPSA) is 223 Å². The number of benzene rings is 1. The van der Waals surface area contributed by atoms with Crippen molar-refractivity contribution in [1.82, 2.24) is 19.9 Å². The Kier molecular flexibility index (Phi) is 22.4. The third kappa shape index (κ3) is 15.2. The minimum absolute atomic E-state index is 0.0140. The van der Waals surface area contributed by atoms with E-state index in [1.165, 1.54) is 14.2 Å². The molecule has 2 fully saturated rings. The van der Waals surface area contributed by atoms with Crippen LogP contribution in [0.3, 0.4) is 0 Å². The number of hydrogen-bond acceptors (Lipinski definition) is 17. The SMILES string of the molecule is CCCCCOc1ccc(-c2cn(CC[C@H]3C[C@@H](C)C(=O)/C=C/C(C)=C/[C@H](CO[C@@H]4OC(C)[C@@H](O)[C@H](OC)C4OC)[C@@H](CC)OC(=O)C[C@@H](O)[C@H](C)[C@H]3O[C@@H]3O[C@H](C)[C@@H](O)C(N(C)C)C3O)nn2)cc1. The number of aryl methyl sites for hydroxylation is 1. The number of carbonyl (C=O) groups excluding carboxylic acids is 2. The normalized spacial score (nSPS) is 36.3. The zero-order valence-electron chi connectivity index (χ0n) is 43.2. The molecule has 5 rings (SSSR count). The predicted molar refractivity (Wildman–Crippen MR) is 260 cm³/mol. The number of ether oxygens (including phenoxy) is 8. The Hall–Kier alpha value is -3.66. The summed E-state index contributed by atoms with van der Waals surface area (Å²) < 4.78 is 50.3. The number of likely N-dealkylation sites (N-methyl/N-ethyl adjacent to an activating group) is 1. The molecule has 0 saturated carbocycles. The van der Waals surface area contributed by atoms with E-state index in [0.29, 0.717) is 38.1 Å². The maximum Gasteiger partial charge on any atom is 0.308 e. The van der Waals surface area contributed by atoms with Crippen molar-refractivity contribution >= 4 is 11.8 Å². The highest BCUT2D eigenvalue weighted by atomic mass is 16.7. The third-order valence-electron chi connectivity index (χ3n) is 14.1. The number of hydrogen-bond donors (Lipinski definition) is 4. The van der Waals surface area contributed by atoms with Crippen LogP contribution in [0.25, 0.3) is 11.3 Å². The van der Waals surface area contributed by atoms with E-state index in [0.717, 1.165) is 36.1 Å². The number of aliphatic hydroxyl groups excluding tert-OH is 4. The first kappa shape index (κ1) is 57.2. The molecule has 18 heteroatoms. The summed E-state index contributed by atoms with van der Waals surface area (Å²) in [5.41, 5.74) is 2.25. The Morgan fingerprint density at radius 1 is 0.857 bits per heavy atom. The summed E-state index contributed by atoms with van der Waals surface area (Å²) in [6, 6.07) is 6.98. The molecule has 0 aliphatic carbocycles. The van der Waals surface area contributed by atoms with Gasteiger partial charge in [-0.05, 0) is 96.8 Å². The monoisotopic (exact) mass is 987 g/mol. The van der Waals surface area contributed by atoms with Gasteiger partial charge in [-0.15, -0.1) is 5.10 Å². The number of carbonyl (C=O) groups is 2. The van der Waals surface area contributed by atoms with E-state index >= 15 is 0 Å². The fourth-order valence-electron chi connectivity index (χ4n) is 9.79. The number of methoxy groups -OCH3 is 2. The number of cyclic esters (lactones) is 1. The van der Waals surface area contributed by atoms with Gasteiger partial charge in [0.15, 0.2) is 18.4 Å². The molecule has 1 aromatic heterocycles. The van der Waals surface area contributed by atoms with Gasteiger partial charge in [0, 0.05) is 44.1 Å². The molecule has 18 nitrogen and oxygen atoms in total. The first-order valence-corrected chi connectivity index (χ1v) is 25.2. The van der Waals surface area contributed by atoms with Gasteiger partial charge in [0.1, 0.15) is 42.0 Å². The van der Waals surface area contributed by atoms with Crippen molar-refractivity contribution in [1.29, 1.82) is 0 Å². The zero-order chi connectivity index (χ0) is 51.2. The Balaban J connectivity index is 1.45. The van der Waals surface area contributed by atoms with Gasteiger partial charge in [-0.1, -0.05) is 63.5 Å².